The van der Waals surface area contributed by atoms with Crippen molar-refractivity contribution in [2.75, 3.05) is 27.7 Å². The summed E-state index contributed by atoms with van der Waals surface area (Å²) in [5.41, 5.74) is 0. The Hall–Kier alpha value is -1.10. The molecule has 5 nitrogen and oxygen atoms in total. The van der Waals surface area contributed by atoms with Crippen LogP contribution < -0.4 is 0 Å². The predicted molar refractivity (Wildman–Crippen MR) is 48.4 cm³/mol. The van der Waals surface area contributed by atoms with Crippen LogP contribution >= 0.6 is 0 Å². The van der Waals surface area contributed by atoms with Gasteiger partial charge in [-0.15, -0.1) is 0 Å². The first kappa shape index (κ1) is 11.9. The largest absolute Gasteiger partial charge is 0.480 e. The first-order valence-corrected chi connectivity index (χ1v) is 3.99. The zero-order chi connectivity index (χ0) is 10.6. The zero-order valence-corrected chi connectivity index (χ0v) is 8.44. The van der Waals surface area contributed by atoms with Crippen molar-refractivity contribution in [2.24, 2.45) is 0 Å². The van der Waals surface area contributed by atoms with Crippen LogP contribution in [0.1, 0.15) is 6.92 Å². The summed E-state index contributed by atoms with van der Waals surface area (Å²) in [4.78, 5) is 24.6. The lowest BCUT2D eigenvalue weighted by Crippen LogP contribution is -2.42. The van der Waals surface area contributed by atoms with E-state index < -0.39 is 12.0 Å². The quantitative estimate of drug-likeness (QED) is 0.645. The maximum Gasteiger partial charge on any atom is 0.320 e. The van der Waals surface area contributed by atoms with E-state index in [1.165, 1.54) is 9.80 Å². The number of hydrogen-bond acceptors (Lipinski definition) is 3. The first-order chi connectivity index (χ1) is 5.86. The molecule has 0 aliphatic carbocycles. The van der Waals surface area contributed by atoms with Crippen LogP contribution in [0.2, 0.25) is 0 Å². The Morgan fingerprint density at radius 3 is 2.08 bits per heavy atom. The summed E-state index contributed by atoms with van der Waals surface area (Å²) >= 11 is 0. The van der Waals surface area contributed by atoms with Crippen LogP contribution in [0.25, 0.3) is 0 Å². The second-order valence-corrected chi connectivity index (χ2v) is 3.22. The van der Waals surface area contributed by atoms with Crippen molar-refractivity contribution < 1.29 is 14.7 Å². The molecule has 0 rings (SSSR count). The Morgan fingerprint density at radius 2 is 1.77 bits per heavy atom. The molecule has 0 spiro atoms. The monoisotopic (exact) mass is 188 g/mol. The minimum absolute atomic E-state index is 0.101. The number of hydrogen-bond donors (Lipinski definition) is 1. The Bertz CT molecular complexity index is 204. The Morgan fingerprint density at radius 1 is 1.31 bits per heavy atom. The molecule has 0 aliphatic heterocycles. The highest BCUT2D eigenvalue weighted by Crippen LogP contribution is 1.95. The van der Waals surface area contributed by atoms with E-state index in [1.807, 2.05) is 0 Å². The highest BCUT2D eigenvalue weighted by Gasteiger charge is 2.19. The first-order valence-electron chi connectivity index (χ1n) is 3.99. The number of nitrogens with zero attached hydrogens (tertiary/aromatic N) is 2. The summed E-state index contributed by atoms with van der Waals surface area (Å²) in [6.45, 7) is 1.67. The third kappa shape index (κ3) is 3.89. The molecule has 1 atom stereocenters. The zero-order valence-electron chi connectivity index (χ0n) is 8.44. The van der Waals surface area contributed by atoms with Crippen LogP contribution in [-0.2, 0) is 9.59 Å². The average molecular weight is 188 g/mol. The molecule has 13 heavy (non-hydrogen) atoms. The van der Waals surface area contributed by atoms with E-state index in [1.54, 1.807) is 28.1 Å². The van der Waals surface area contributed by atoms with Crippen LogP contribution in [0.4, 0.5) is 0 Å². The molecular formula is C8H16N2O3. The second-order valence-electron chi connectivity index (χ2n) is 3.22. The predicted octanol–water partition coefficient (Wildman–Crippen LogP) is -0.520. The van der Waals surface area contributed by atoms with Gasteiger partial charge in [0.25, 0.3) is 0 Å². The molecule has 0 aromatic carbocycles. The molecular weight excluding hydrogens is 172 g/mol. The van der Waals surface area contributed by atoms with Crippen molar-refractivity contribution in [1.29, 1.82) is 0 Å². The minimum Gasteiger partial charge on any atom is -0.480 e. The fourth-order valence-electron chi connectivity index (χ4n) is 0.680. The number of likely N-dealkylation sites (N-methyl/N-ethyl adjacent to an activating group) is 2. The van der Waals surface area contributed by atoms with E-state index in [4.69, 9.17) is 5.11 Å². The van der Waals surface area contributed by atoms with E-state index in [0.29, 0.717) is 0 Å². The summed E-state index contributed by atoms with van der Waals surface area (Å²) in [6, 6.07) is -0.635. The number of carbonyl (C=O) groups is 2. The molecule has 0 radical (unpaired) electrons. The van der Waals surface area contributed by atoms with Gasteiger partial charge in [0.1, 0.15) is 6.04 Å². The number of rotatable bonds is 4. The summed E-state index contributed by atoms with van der Waals surface area (Å²) in [5, 5.41) is 8.64. The third-order valence-electron chi connectivity index (χ3n) is 1.90. The molecule has 0 bridgehead atoms. The fraction of sp³-hybridized carbons (Fsp3) is 0.750. The molecule has 5 heteroatoms. The van der Waals surface area contributed by atoms with Gasteiger partial charge in [-0.2, -0.15) is 0 Å². The molecule has 1 unspecified atom stereocenters. The van der Waals surface area contributed by atoms with E-state index in [2.05, 4.69) is 0 Å². The van der Waals surface area contributed by atoms with Crippen molar-refractivity contribution in [3.8, 4) is 0 Å². The Labute approximate surface area is 77.9 Å². The number of carboxylic acids is 1. The Kier molecular flexibility index (Phi) is 4.40. The lowest BCUT2D eigenvalue weighted by atomic mass is 10.3. The molecule has 0 aromatic rings. The SMILES string of the molecule is CC(C(=O)O)N(C)CC(=O)N(C)C. The molecule has 0 saturated heterocycles. The molecule has 76 valence electrons. The molecule has 0 heterocycles. The molecule has 0 aliphatic rings. The molecule has 0 aromatic heterocycles. The summed E-state index contributed by atoms with van der Waals surface area (Å²) in [6.07, 6.45) is 0. The van der Waals surface area contributed by atoms with Gasteiger partial charge in [-0.05, 0) is 14.0 Å². The lowest BCUT2D eigenvalue weighted by molar-refractivity contribution is -0.143. The average Bonchev–Trinajstić information content (AvgIpc) is 2.02. The highest BCUT2D eigenvalue weighted by atomic mass is 16.4. The van der Waals surface area contributed by atoms with Crippen LogP contribution in [0.15, 0.2) is 0 Å². The van der Waals surface area contributed by atoms with Gasteiger partial charge in [0, 0.05) is 14.1 Å². The van der Waals surface area contributed by atoms with Gasteiger partial charge in [0.2, 0.25) is 5.91 Å². The lowest BCUT2D eigenvalue weighted by Gasteiger charge is -2.22. The van der Waals surface area contributed by atoms with Gasteiger partial charge in [0.15, 0.2) is 0 Å². The van der Waals surface area contributed by atoms with Crippen LogP contribution in [0.5, 0.6) is 0 Å². The molecule has 1 N–H and O–H groups in total. The number of aliphatic carboxylic acids is 1. The van der Waals surface area contributed by atoms with E-state index in [-0.39, 0.29) is 12.5 Å². The standard InChI is InChI=1S/C8H16N2O3/c1-6(8(12)13)10(4)5-7(11)9(2)3/h6H,5H2,1-4H3,(H,12,13). The number of carbonyl (C=O) groups excluding carboxylic acids is 1. The van der Waals surface area contributed by atoms with Crippen molar-refractivity contribution in [2.45, 2.75) is 13.0 Å². The van der Waals surface area contributed by atoms with Crippen molar-refractivity contribution in [1.82, 2.24) is 9.80 Å². The van der Waals surface area contributed by atoms with Gasteiger partial charge in [-0.1, -0.05) is 0 Å². The summed E-state index contributed by atoms with van der Waals surface area (Å²) < 4.78 is 0. The fourth-order valence-corrected chi connectivity index (χ4v) is 0.680. The van der Waals surface area contributed by atoms with Crippen LogP contribution in [-0.4, -0.2) is 60.5 Å². The second kappa shape index (κ2) is 4.81. The smallest absolute Gasteiger partial charge is 0.320 e. The molecule has 0 fully saturated rings. The van der Waals surface area contributed by atoms with E-state index in [0.717, 1.165) is 0 Å². The normalized spacial score (nSPS) is 12.7. The van der Waals surface area contributed by atoms with Crippen molar-refractivity contribution in [3.05, 3.63) is 0 Å². The van der Waals surface area contributed by atoms with Crippen molar-refractivity contribution in [3.63, 3.8) is 0 Å². The van der Waals surface area contributed by atoms with Gasteiger partial charge >= 0.3 is 5.97 Å². The van der Waals surface area contributed by atoms with Crippen molar-refractivity contribution >= 4 is 11.9 Å². The molecule has 0 saturated carbocycles. The Balaban J connectivity index is 4.07. The third-order valence-corrected chi connectivity index (χ3v) is 1.90. The van der Waals surface area contributed by atoms with Gasteiger partial charge in [-0.25, -0.2) is 0 Å². The maximum atomic E-state index is 11.2. The van der Waals surface area contributed by atoms with E-state index >= 15 is 0 Å². The number of amides is 1. The van der Waals surface area contributed by atoms with E-state index in [9.17, 15) is 9.59 Å². The highest BCUT2D eigenvalue weighted by molar-refractivity contribution is 5.79. The van der Waals surface area contributed by atoms with Gasteiger partial charge in [0.05, 0.1) is 6.54 Å². The van der Waals surface area contributed by atoms with Crippen LogP contribution in [0, 0.1) is 0 Å². The van der Waals surface area contributed by atoms with Gasteiger partial charge < -0.3 is 10.0 Å². The number of carboxylic acid groups (broad SMARTS) is 1. The van der Waals surface area contributed by atoms with Gasteiger partial charge in [-0.3, -0.25) is 14.5 Å². The summed E-state index contributed by atoms with van der Waals surface area (Å²) in [5.74, 6) is -1.02. The molecule has 1 amide bonds. The van der Waals surface area contributed by atoms with Crippen LogP contribution in [0.3, 0.4) is 0 Å². The minimum atomic E-state index is -0.922. The topological polar surface area (TPSA) is 60.9 Å². The maximum absolute atomic E-state index is 11.2. The summed E-state index contributed by atoms with van der Waals surface area (Å²) in [7, 11) is 4.89.